The van der Waals surface area contributed by atoms with E-state index < -0.39 is 10.0 Å². The van der Waals surface area contributed by atoms with Crippen molar-refractivity contribution < 1.29 is 13.2 Å². The second-order valence-corrected chi connectivity index (χ2v) is 8.82. The lowest BCUT2D eigenvalue weighted by molar-refractivity contribution is -0.121. The minimum atomic E-state index is -3.59. The topological polar surface area (TPSA) is 66.5 Å². The summed E-state index contributed by atoms with van der Waals surface area (Å²) in [6.07, 6.45) is 0.716. The fourth-order valence-electron chi connectivity index (χ4n) is 3.04. The summed E-state index contributed by atoms with van der Waals surface area (Å²) in [6.45, 7) is 4.37. The second-order valence-electron chi connectivity index (χ2n) is 6.69. The van der Waals surface area contributed by atoms with Crippen LogP contribution in [0.2, 0.25) is 5.02 Å². The number of nitrogens with one attached hydrogen (secondary N) is 1. The Kier molecular flexibility index (Phi) is 5.25. The van der Waals surface area contributed by atoms with E-state index in [0.29, 0.717) is 29.2 Å². The normalized spacial score (nSPS) is 13.8. The van der Waals surface area contributed by atoms with E-state index in [-0.39, 0.29) is 17.6 Å². The fourth-order valence-corrected chi connectivity index (χ4v) is 4.54. The first-order chi connectivity index (χ1) is 12.3. The number of hydrogen-bond acceptors (Lipinski definition) is 3. The van der Waals surface area contributed by atoms with Gasteiger partial charge in [0, 0.05) is 28.9 Å². The average molecular weight is 393 g/mol. The Morgan fingerprint density at radius 3 is 2.65 bits per heavy atom. The van der Waals surface area contributed by atoms with Gasteiger partial charge in [0.15, 0.2) is 0 Å². The number of fused-ring (bicyclic) bond motifs is 1. The van der Waals surface area contributed by atoms with E-state index >= 15 is 0 Å². The molecule has 0 bridgehead atoms. The first-order valence-corrected chi connectivity index (χ1v) is 10.5. The van der Waals surface area contributed by atoms with Crippen LogP contribution in [0.4, 0.5) is 11.4 Å². The maximum absolute atomic E-state index is 12.4. The standard InChI is InChI=1S/C19H21ClN2O3S/c1-13(2)19(23)22-10-9-14-11-16(7-8-18(14)22)21-26(24,25)12-15-5-3-4-6-17(15)20/h3-8,11,13,21H,9-10,12H2,1-2H3. The predicted molar refractivity (Wildman–Crippen MR) is 105 cm³/mol. The number of carbonyl (C=O) groups excluding carboxylic acids is 1. The van der Waals surface area contributed by atoms with E-state index in [4.69, 9.17) is 11.6 Å². The third kappa shape index (κ3) is 4.02. The number of benzene rings is 2. The molecule has 5 nitrogen and oxygen atoms in total. The number of anilines is 2. The largest absolute Gasteiger partial charge is 0.312 e. The van der Waals surface area contributed by atoms with Crippen LogP contribution in [0.15, 0.2) is 42.5 Å². The molecule has 2 aromatic carbocycles. The van der Waals surface area contributed by atoms with Crippen LogP contribution in [-0.2, 0) is 27.0 Å². The number of nitrogens with zero attached hydrogens (tertiary/aromatic N) is 1. The summed E-state index contributed by atoms with van der Waals surface area (Å²) in [5.41, 5.74) is 2.88. The first kappa shape index (κ1) is 18.7. The molecule has 7 heteroatoms. The van der Waals surface area contributed by atoms with E-state index in [2.05, 4.69) is 4.72 Å². The molecular weight excluding hydrogens is 372 g/mol. The predicted octanol–water partition coefficient (Wildman–Crippen LogP) is 3.83. The van der Waals surface area contributed by atoms with Crippen molar-refractivity contribution in [2.45, 2.75) is 26.0 Å². The van der Waals surface area contributed by atoms with Crippen molar-refractivity contribution in [3.8, 4) is 0 Å². The summed E-state index contributed by atoms with van der Waals surface area (Å²) in [7, 11) is -3.59. The quantitative estimate of drug-likeness (QED) is 0.840. The number of sulfonamides is 1. The van der Waals surface area contributed by atoms with E-state index in [1.807, 2.05) is 13.8 Å². The van der Waals surface area contributed by atoms with Crippen molar-refractivity contribution in [2.24, 2.45) is 5.92 Å². The lowest BCUT2D eigenvalue weighted by Crippen LogP contribution is -2.32. The van der Waals surface area contributed by atoms with Gasteiger partial charge in [-0.1, -0.05) is 43.6 Å². The van der Waals surface area contributed by atoms with Crippen LogP contribution in [-0.4, -0.2) is 20.9 Å². The van der Waals surface area contributed by atoms with E-state index in [1.165, 1.54) is 0 Å². The molecule has 2 aromatic rings. The number of halogens is 1. The van der Waals surface area contributed by atoms with Gasteiger partial charge in [0.1, 0.15) is 0 Å². The van der Waals surface area contributed by atoms with Gasteiger partial charge in [-0.05, 0) is 41.8 Å². The van der Waals surface area contributed by atoms with Crippen molar-refractivity contribution in [3.05, 3.63) is 58.6 Å². The van der Waals surface area contributed by atoms with Crippen LogP contribution in [0, 0.1) is 5.92 Å². The molecule has 0 saturated heterocycles. The first-order valence-electron chi connectivity index (χ1n) is 8.45. The Morgan fingerprint density at radius 2 is 1.96 bits per heavy atom. The molecule has 0 aromatic heterocycles. The summed E-state index contributed by atoms with van der Waals surface area (Å²) < 4.78 is 27.5. The Hall–Kier alpha value is -2.05. The van der Waals surface area contributed by atoms with Crippen molar-refractivity contribution in [3.63, 3.8) is 0 Å². The zero-order chi connectivity index (χ0) is 18.9. The number of carbonyl (C=O) groups is 1. The monoisotopic (exact) mass is 392 g/mol. The van der Waals surface area contributed by atoms with E-state index in [0.717, 1.165) is 11.3 Å². The molecule has 0 saturated carbocycles. The Morgan fingerprint density at radius 1 is 1.23 bits per heavy atom. The van der Waals surface area contributed by atoms with Gasteiger partial charge >= 0.3 is 0 Å². The van der Waals surface area contributed by atoms with Crippen molar-refractivity contribution in [2.75, 3.05) is 16.2 Å². The van der Waals surface area contributed by atoms with Gasteiger partial charge in [-0.15, -0.1) is 0 Å². The van der Waals surface area contributed by atoms with Gasteiger partial charge < -0.3 is 4.90 Å². The molecule has 1 heterocycles. The molecule has 0 aliphatic carbocycles. The average Bonchev–Trinajstić information content (AvgIpc) is 2.98. The van der Waals surface area contributed by atoms with Crippen molar-refractivity contribution >= 4 is 38.9 Å². The van der Waals surface area contributed by atoms with E-state index in [9.17, 15) is 13.2 Å². The molecule has 0 unspecified atom stereocenters. The molecule has 0 radical (unpaired) electrons. The third-order valence-electron chi connectivity index (χ3n) is 4.31. The van der Waals surface area contributed by atoms with Crippen LogP contribution in [0.1, 0.15) is 25.0 Å². The van der Waals surface area contributed by atoms with Gasteiger partial charge in [-0.3, -0.25) is 9.52 Å². The molecule has 1 aliphatic heterocycles. The van der Waals surface area contributed by atoms with Crippen LogP contribution in [0.3, 0.4) is 0 Å². The molecule has 26 heavy (non-hydrogen) atoms. The van der Waals surface area contributed by atoms with Crippen LogP contribution in [0.25, 0.3) is 0 Å². The highest BCUT2D eigenvalue weighted by atomic mass is 35.5. The van der Waals surface area contributed by atoms with Gasteiger partial charge in [0.05, 0.1) is 5.75 Å². The van der Waals surface area contributed by atoms with Gasteiger partial charge in [0.2, 0.25) is 15.9 Å². The molecule has 0 fully saturated rings. The van der Waals surface area contributed by atoms with Crippen molar-refractivity contribution in [1.29, 1.82) is 0 Å². The highest BCUT2D eigenvalue weighted by Crippen LogP contribution is 2.32. The number of rotatable bonds is 5. The molecule has 138 valence electrons. The highest BCUT2D eigenvalue weighted by molar-refractivity contribution is 7.91. The molecule has 3 rings (SSSR count). The molecule has 1 N–H and O–H groups in total. The van der Waals surface area contributed by atoms with Crippen molar-refractivity contribution in [1.82, 2.24) is 0 Å². The van der Waals surface area contributed by atoms with Crippen LogP contribution < -0.4 is 9.62 Å². The lowest BCUT2D eigenvalue weighted by atomic mass is 10.1. The zero-order valence-corrected chi connectivity index (χ0v) is 16.3. The second kappa shape index (κ2) is 7.29. The Bertz CT molecular complexity index is 942. The number of hydrogen-bond donors (Lipinski definition) is 1. The molecule has 0 atom stereocenters. The molecular formula is C19H21ClN2O3S. The van der Waals surface area contributed by atoms with Gasteiger partial charge in [-0.2, -0.15) is 0 Å². The maximum atomic E-state index is 12.4. The summed E-state index contributed by atoms with van der Waals surface area (Å²) >= 11 is 6.05. The Labute approximate surface area is 159 Å². The summed E-state index contributed by atoms with van der Waals surface area (Å²) in [5, 5.41) is 0.426. The number of amides is 1. The van der Waals surface area contributed by atoms with Gasteiger partial charge in [-0.25, -0.2) is 8.42 Å². The third-order valence-corrected chi connectivity index (χ3v) is 5.92. The fraction of sp³-hybridized carbons (Fsp3) is 0.316. The summed E-state index contributed by atoms with van der Waals surface area (Å²) in [6, 6.07) is 12.2. The van der Waals surface area contributed by atoms with Crippen LogP contribution in [0.5, 0.6) is 0 Å². The maximum Gasteiger partial charge on any atom is 0.236 e. The Balaban J connectivity index is 1.78. The minimum absolute atomic E-state index is 0.0743. The molecule has 1 aliphatic rings. The highest BCUT2D eigenvalue weighted by Gasteiger charge is 2.26. The SMILES string of the molecule is CC(C)C(=O)N1CCc2cc(NS(=O)(=O)Cc3ccccc3Cl)ccc21. The lowest BCUT2D eigenvalue weighted by Gasteiger charge is -2.19. The van der Waals surface area contributed by atoms with Gasteiger partial charge in [0.25, 0.3) is 0 Å². The molecule has 1 amide bonds. The minimum Gasteiger partial charge on any atom is -0.312 e. The van der Waals surface area contributed by atoms with Crippen LogP contribution >= 0.6 is 11.6 Å². The molecule has 0 spiro atoms. The van der Waals surface area contributed by atoms with E-state index in [1.54, 1.807) is 47.4 Å². The summed E-state index contributed by atoms with van der Waals surface area (Å²) in [4.78, 5) is 14.0. The zero-order valence-electron chi connectivity index (χ0n) is 14.7. The smallest absolute Gasteiger partial charge is 0.236 e. The summed E-state index contributed by atoms with van der Waals surface area (Å²) in [5.74, 6) is -0.188.